The van der Waals surface area contributed by atoms with Crippen LogP contribution in [0.15, 0.2) is 41.2 Å². The normalized spacial score (nSPS) is 11.8. The Balaban J connectivity index is 2.24. The molecule has 0 saturated carbocycles. The van der Waals surface area contributed by atoms with E-state index in [9.17, 15) is 33.3 Å². The molecule has 1 heterocycles. The highest BCUT2D eigenvalue weighted by Crippen LogP contribution is 2.34. The Morgan fingerprint density at radius 2 is 1.58 bits per heavy atom. The van der Waals surface area contributed by atoms with Crippen molar-refractivity contribution in [3.05, 3.63) is 52.2 Å². The number of hydrogen-bond donors (Lipinski definition) is 4. The van der Waals surface area contributed by atoms with Gasteiger partial charge in [-0.05, 0) is 12.1 Å². The van der Waals surface area contributed by atoms with Crippen LogP contribution in [0.5, 0.6) is 17.2 Å². The molecule has 0 radical (unpaired) electrons. The first kappa shape index (κ1) is 15.7. The maximum absolute atomic E-state index is 12.6. The maximum Gasteiger partial charge on any atom is 0.416 e. The highest BCUT2D eigenvalue weighted by atomic mass is 19.4. The average molecular weight is 337 g/mol. The molecule has 0 unspecified atom stereocenters. The number of halogens is 3. The van der Waals surface area contributed by atoms with Gasteiger partial charge in [0.2, 0.25) is 5.43 Å². The third-order valence-corrected chi connectivity index (χ3v) is 3.54. The van der Waals surface area contributed by atoms with E-state index in [1.54, 1.807) is 0 Å². The molecular weight excluding hydrogens is 327 g/mol. The number of nitrogens with one attached hydrogen (secondary N) is 1. The molecule has 3 rings (SSSR count). The summed E-state index contributed by atoms with van der Waals surface area (Å²) in [6, 6.07) is 5.93. The molecule has 0 aliphatic rings. The van der Waals surface area contributed by atoms with Crippen molar-refractivity contribution in [2.75, 3.05) is 0 Å². The fourth-order valence-electron chi connectivity index (χ4n) is 2.41. The van der Waals surface area contributed by atoms with Gasteiger partial charge in [0, 0.05) is 17.7 Å². The second-order valence-corrected chi connectivity index (χ2v) is 5.14. The van der Waals surface area contributed by atoms with Gasteiger partial charge in [0.05, 0.1) is 22.2 Å². The number of aromatic amines is 1. The molecule has 4 N–H and O–H groups in total. The van der Waals surface area contributed by atoms with Crippen molar-refractivity contribution in [1.29, 1.82) is 0 Å². The third-order valence-electron chi connectivity index (χ3n) is 3.54. The number of aromatic hydroxyl groups is 3. The molecule has 0 atom stereocenters. The van der Waals surface area contributed by atoms with Crippen LogP contribution >= 0.6 is 0 Å². The lowest BCUT2D eigenvalue weighted by Gasteiger charge is -2.11. The molecule has 5 nitrogen and oxygen atoms in total. The van der Waals surface area contributed by atoms with Crippen molar-refractivity contribution in [3.8, 4) is 28.5 Å². The summed E-state index contributed by atoms with van der Waals surface area (Å²) in [7, 11) is 0. The van der Waals surface area contributed by atoms with Crippen LogP contribution in [0.1, 0.15) is 5.56 Å². The van der Waals surface area contributed by atoms with Crippen molar-refractivity contribution in [3.63, 3.8) is 0 Å². The number of H-pyrrole nitrogens is 1. The Kier molecular flexibility index (Phi) is 3.40. The predicted octanol–water partition coefficient (Wildman–Crippen LogP) is 3.33. The van der Waals surface area contributed by atoms with Crippen molar-refractivity contribution >= 4 is 10.9 Å². The van der Waals surface area contributed by atoms with Crippen LogP contribution in [-0.4, -0.2) is 20.3 Å². The molecule has 3 aromatic rings. The van der Waals surface area contributed by atoms with Crippen molar-refractivity contribution in [2.24, 2.45) is 0 Å². The molecule has 8 heteroatoms. The second-order valence-electron chi connectivity index (χ2n) is 5.14. The number of alkyl halides is 3. The Labute approximate surface area is 132 Å². The van der Waals surface area contributed by atoms with Crippen LogP contribution in [0.4, 0.5) is 13.2 Å². The van der Waals surface area contributed by atoms with Crippen LogP contribution in [0, 0.1) is 0 Å². The first-order valence-electron chi connectivity index (χ1n) is 6.67. The molecule has 124 valence electrons. The van der Waals surface area contributed by atoms with Crippen LogP contribution in [0.2, 0.25) is 0 Å². The molecule has 0 amide bonds. The lowest BCUT2D eigenvalue weighted by atomic mass is 10.1. The van der Waals surface area contributed by atoms with Gasteiger partial charge < -0.3 is 20.3 Å². The van der Waals surface area contributed by atoms with Gasteiger partial charge in [-0.25, -0.2) is 0 Å². The predicted molar refractivity (Wildman–Crippen MR) is 80.0 cm³/mol. The van der Waals surface area contributed by atoms with Gasteiger partial charge in [-0.2, -0.15) is 13.2 Å². The minimum atomic E-state index is -4.51. The van der Waals surface area contributed by atoms with Crippen LogP contribution < -0.4 is 5.43 Å². The lowest BCUT2D eigenvalue weighted by Crippen LogP contribution is -2.06. The number of phenols is 2. The van der Waals surface area contributed by atoms with E-state index in [-0.39, 0.29) is 27.9 Å². The lowest BCUT2D eigenvalue weighted by molar-refractivity contribution is -0.137. The fraction of sp³-hybridized carbons (Fsp3) is 0.0625. The summed E-state index contributed by atoms with van der Waals surface area (Å²) in [4.78, 5) is 14.8. The summed E-state index contributed by atoms with van der Waals surface area (Å²) >= 11 is 0. The molecule has 0 spiro atoms. The van der Waals surface area contributed by atoms with E-state index in [2.05, 4.69) is 4.98 Å². The first-order valence-corrected chi connectivity index (χ1v) is 6.67. The van der Waals surface area contributed by atoms with Gasteiger partial charge in [-0.15, -0.1) is 0 Å². The van der Waals surface area contributed by atoms with E-state index < -0.39 is 28.7 Å². The maximum atomic E-state index is 12.6. The topological polar surface area (TPSA) is 93.5 Å². The fourth-order valence-corrected chi connectivity index (χ4v) is 2.41. The van der Waals surface area contributed by atoms with E-state index >= 15 is 0 Å². The number of benzene rings is 2. The van der Waals surface area contributed by atoms with E-state index in [4.69, 9.17) is 0 Å². The summed E-state index contributed by atoms with van der Waals surface area (Å²) in [6.07, 6.45) is -4.51. The van der Waals surface area contributed by atoms with Crippen LogP contribution in [0.3, 0.4) is 0 Å². The molecule has 1 aromatic heterocycles. The third kappa shape index (κ3) is 2.51. The number of aromatic nitrogens is 1. The Hall–Kier alpha value is -3.16. The quantitative estimate of drug-likeness (QED) is 0.548. The molecule has 2 aromatic carbocycles. The highest BCUT2D eigenvalue weighted by Gasteiger charge is 2.30. The smallest absolute Gasteiger partial charge is 0.416 e. The number of pyridine rings is 1. The van der Waals surface area contributed by atoms with E-state index in [0.717, 1.165) is 36.4 Å². The summed E-state index contributed by atoms with van der Waals surface area (Å²) < 4.78 is 37.8. The molecule has 24 heavy (non-hydrogen) atoms. The van der Waals surface area contributed by atoms with Gasteiger partial charge in [0.25, 0.3) is 0 Å². The zero-order valence-corrected chi connectivity index (χ0v) is 11.8. The minimum absolute atomic E-state index is 0.0326. The van der Waals surface area contributed by atoms with Gasteiger partial charge in [0.1, 0.15) is 11.5 Å². The van der Waals surface area contributed by atoms with E-state index in [0.29, 0.717) is 0 Å². The zero-order valence-electron chi connectivity index (χ0n) is 11.8. The summed E-state index contributed by atoms with van der Waals surface area (Å²) in [5.41, 5.74) is -1.72. The van der Waals surface area contributed by atoms with Gasteiger partial charge in [-0.1, -0.05) is 12.1 Å². The van der Waals surface area contributed by atoms with E-state index in [1.807, 2.05) is 0 Å². The minimum Gasteiger partial charge on any atom is -0.508 e. The standard InChI is InChI=1S/C16H10F3NO4/c17-16(18,19)8-3-1-7(2-4-8)13-15(24)14(23)12-10(20-13)5-9(21)6-11(12)22/h1-6,21-22,24H,(H,20,23). The van der Waals surface area contributed by atoms with Gasteiger partial charge in [0.15, 0.2) is 5.75 Å². The molecular formula is C16H10F3NO4. The first-order chi connectivity index (χ1) is 11.2. The second kappa shape index (κ2) is 5.19. The van der Waals surface area contributed by atoms with Crippen molar-refractivity contribution < 1.29 is 28.5 Å². The molecule has 0 aliphatic heterocycles. The molecule has 0 fully saturated rings. The Morgan fingerprint density at radius 1 is 0.958 bits per heavy atom. The Morgan fingerprint density at radius 3 is 2.17 bits per heavy atom. The highest BCUT2D eigenvalue weighted by molar-refractivity contribution is 5.90. The number of fused-ring (bicyclic) bond motifs is 1. The van der Waals surface area contributed by atoms with Crippen molar-refractivity contribution in [1.82, 2.24) is 4.98 Å². The summed E-state index contributed by atoms with van der Waals surface area (Å²) in [6.45, 7) is 0. The van der Waals surface area contributed by atoms with Gasteiger partial charge >= 0.3 is 6.18 Å². The SMILES string of the molecule is O=c1c(O)c(-c2ccc(C(F)(F)F)cc2)[nH]c2cc(O)cc(O)c12. The summed E-state index contributed by atoms with van der Waals surface area (Å²) in [5, 5.41) is 29.0. The van der Waals surface area contributed by atoms with E-state index in [1.165, 1.54) is 0 Å². The number of hydrogen-bond acceptors (Lipinski definition) is 4. The van der Waals surface area contributed by atoms with Crippen LogP contribution in [0.25, 0.3) is 22.2 Å². The molecule has 0 bridgehead atoms. The number of phenolic OH excluding ortho intramolecular Hbond substituents is 2. The Bertz CT molecular complexity index is 991. The molecule has 0 aliphatic carbocycles. The van der Waals surface area contributed by atoms with Gasteiger partial charge in [-0.3, -0.25) is 4.79 Å². The molecule has 0 saturated heterocycles. The summed E-state index contributed by atoms with van der Waals surface area (Å²) in [5.74, 6) is -1.59. The zero-order chi connectivity index (χ0) is 17.6. The van der Waals surface area contributed by atoms with Crippen molar-refractivity contribution in [2.45, 2.75) is 6.18 Å². The monoisotopic (exact) mass is 337 g/mol. The van der Waals surface area contributed by atoms with Crippen LogP contribution in [-0.2, 0) is 6.18 Å². The average Bonchev–Trinajstić information content (AvgIpc) is 2.49. The largest absolute Gasteiger partial charge is 0.508 e. The number of rotatable bonds is 1.